The zero-order chi connectivity index (χ0) is 29.3. The molecule has 3 aliphatic carbocycles. The number of aromatic nitrogens is 1. The molecule has 1 aromatic heterocycles. The van der Waals surface area contributed by atoms with Crippen molar-refractivity contribution in [3.05, 3.63) is 58.3 Å². The number of piperidine rings is 1. The number of benzene rings is 2. The van der Waals surface area contributed by atoms with E-state index in [1.807, 2.05) is 0 Å². The van der Waals surface area contributed by atoms with Crippen molar-refractivity contribution in [2.75, 3.05) is 26.2 Å². The molecule has 1 saturated carbocycles. The molecule has 0 radical (unpaired) electrons. The van der Waals surface area contributed by atoms with E-state index in [0.717, 1.165) is 84.4 Å². The van der Waals surface area contributed by atoms with Crippen LogP contribution in [-0.4, -0.2) is 63.9 Å². The fourth-order valence-corrected chi connectivity index (χ4v) is 8.96. The number of likely N-dealkylation sites (tertiary alicyclic amines) is 1. The van der Waals surface area contributed by atoms with Gasteiger partial charge in [0.05, 0.1) is 16.7 Å². The monoisotopic (exact) mass is 584 g/mol. The normalized spacial score (nSPS) is 28.3. The predicted octanol–water partition coefficient (Wildman–Crippen LogP) is 4.99. The van der Waals surface area contributed by atoms with Gasteiger partial charge in [0.2, 0.25) is 0 Å². The quantitative estimate of drug-likeness (QED) is 0.216. The Kier molecular flexibility index (Phi) is 6.46. The first kappa shape index (κ1) is 27.3. The molecule has 2 amide bonds. The van der Waals surface area contributed by atoms with Crippen LogP contribution >= 0.6 is 0 Å². The molecule has 1 spiro atoms. The molecule has 8 rings (SSSR count). The van der Waals surface area contributed by atoms with Crippen molar-refractivity contribution < 1.29 is 19.7 Å². The summed E-state index contributed by atoms with van der Waals surface area (Å²) in [4.78, 5) is 18.5. The van der Waals surface area contributed by atoms with E-state index in [9.17, 15) is 15.0 Å². The first-order valence-corrected chi connectivity index (χ1v) is 16.6. The van der Waals surface area contributed by atoms with Crippen molar-refractivity contribution in [3.63, 3.8) is 0 Å². The van der Waals surface area contributed by atoms with Crippen LogP contribution in [0, 0.1) is 5.92 Å². The number of phenolic OH excluding ortho intramolecular Hbond substituents is 1. The summed E-state index contributed by atoms with van der Waals surface area (Å²) in [6.45, 7) is 5.46. The number of H-pyrrole nitrogens is 1. The van der Waals surface area contributed by atoms with Gasteiger partial charge in [0.15, 0.2) is 17.6 Å². The van der Waals surface area contributed by atoms with Crippen LogP contribution in [0.3, 0.4) is 0 Å². The zero-order valence-corrected chi connectivity index (χ0v) is 25.2. The third kappa shape index (κ3) is 4.12. The summed E-state index contributed by atoms with van der Waals surface area (Å²) >= 11 is 0. The summed E-state index contributed by atoms with van der Waals surface area (Å²) in [5, 5.41) is 31.1. The van der Waals surface area contributed by atoms with Crippen LogP contribution in [-0.2, 0) is 24.7 Å². The molecule has 8 heteroatoms. The van der Waals surface area contributed by atoms with Gasteiger partial charge in [0.25, 0.3) is 0 Å². The first-order valence-electron chi connectivity index (χ1n) is 16.6. The molecule has 2 aromatic carbocycles. The molecular weight excluding hydrogens is 540 g/mol. The Labute approximate surface area is 253 Å². The minimum atomic E-state index is -0.994. The predicted molar refractivity (Wildman–Crippen MR) is 166 cm³/mol. The number of aliphatic hydroxyl groups is 1. The van der Waals surface area contributed by atoms with Gasteiger partial charge in [-0.2, -0.15) is 0 Å². The van der Waals surface area contributed by atoms with Crippen molar-refractivity contribution in [2.45, 2.75) is 94.3 Å². The number of nitrogens with one attached hydrogen (secondary N) is 3. The average molecular weight is 585 g/mol. The van der Waals surface area contributed by atoms with Gasteiger partial charge in [-0.1, -0.05) is 38.3 Å². The van der Waals surface area contributed by atoms with E-state index in [2.05, 4.69) is 51.7 Å². The van der Waals surface area contributed by atoms with Gasteiger partial charge in [-0.15, -0.1) is 0 Å². The van der Waals surface area contributed by atoms with Crippen LogP contribution in [0.2, 0.25) is 0 Å². The number of carbonyl (C=O) groups is 1. The van der Waals surface area contributed by atoms with Crippen molar-refractivity contribution >= 4 is 16.9 Å². The number of ether oxygens (including phenoxy) is 1. The van der Waals surface area contributed by atoms with Gasteiger partial charge in [0.1, 0.15) is 0 Å². The molecular formula is C35H44N4O4. The molecule has 2 bridgehead atoms. The smallest absolute Gasteiger partial charge is 0.314 e. The lowest BCUT2D eigenvalue weighted by Gasteiger charge is -2.62. The standard InChI is InChI=1S/C35H44N4O4/c1-2-3-4-5-14-36-33(41)37-15-12-21-8-10-26-24(17-21)25-19-35(42)28-18-23-9-11-27(40)31-29(23)34(35,32(43-31)30(25)38-26)13-16-39(28)20-22-6-7-22/h8-11,17,22,28,32,38,40,42H,2-7,12-16,18-20H2,1H3,(H2,36,37,41)/t28-,32+,34+,35-/m1/s1. The molecule has 8 nitrogen and oxygen atoms in total. The Balaban J connectivity index is 1.09. The van der Waals surface area contributed by atoms with Crippen LogP contribution in [0.5, 0.6) is 11.5 Å². The van der Waals surface area contributed by atoms with Crippen molar-refractivity contribution in [2.24, 2.45) is 5.92 Å². The fraction of sp³-hybridized carbons (Fsp3) is 0.571. The van der Waals surface area contributed by atoms with Gasteiger partial charge >= 0.3 is 6.03 Å². The van der Waals surface area contributed by atoms with Gasteiger partial charge < -0.3 is 30.6 Å². The number of aromatic hydroxyl groups is 1. The molecule has 1 saturated heterocycles. The Hall–Kier alpha value is -3.23. The highest BCUT2D eigenvalue weighted by atomic mass is 16.5. The number of hydrogen-bond acceptors (Lipinski definition) is 5. The lowest BCUT2D eigenvalue weighted by Crippen LogP contribution is -2.74. The Bertz CT molecular complexity index is 1580. The number of carbonyl (C=O) groups excluding carboxylic acids is 1. The number of amides is 2. The van der Waals surface area contributed by atoms with E-state index < -0.39 is 11.0 Å². The third-order valence-electron chi connectivity index (χ3n) is 11.2. The van der Waals surface area contributed by atoms with Crippen LogP contribution < -0.4 is 15.4 Å². The highest BCUT2D eigenvalue weighted by molar-refractivity contribution is 5.87. The summed E-state index contributed by atoms with van der Waals surface area (Å²) in [5.74, 6) is 1.48. The van der Waals surface area contributed by atoms with Crippen molar-refractivity contribution in [3.8, 4) is 11.5 Å². The maximum Gasteiger partial charge on any atom is 0.314 e. The second-order valence-corrected chi connectivity index (χ2v) is 13.8. The van der Waals surface area contributed by atoms with E-state index in [4.69, 9.17) is 4.74 Å². The number of phenols is 1. The Morgan fingerprint density at radius 1 is 1.14 bits per heavy atom. The summed E-state index contributed by atoms with van der Waals surface area (Å²) in [5.41, 5.74) is 5.04. The summed E-state index contributed by atoms with van der Waals surface area (Å²) in [6, 6.07) is 10.2. The minimum Gasteiger partial charge on any atom is -0.504 e. The third-order valence-corrected chi connectivity index (χ3v) is 11.2. The highest BCUT2D eigenvalue weighted by Crippen LogP contribution is 2.69. The summed E-state index contributed by atoms with van der Waals surface area (Å²) in [7, 11) is 0. The highest BCUT2D eigenvalue weighted by Gasteiger charge is 2.72. The molecule has 0 unspecified atom stereocenters. The first-order chi connectivity index (χ1) is 20.9. The number of nitrogens with zero attached hydrogens (tertiary/aromatic N) is 1. The van der Waals surface area contributed by atoms with Crippen molar-refractivity contribution in [1.29, 1.82) is 0 Å². The average Bonchev–Trinajstić information content (AvgIpc) is 3.64. The van der Waals surface area contributed by atoms with Crippen LogP contribution in [0.25, 0.3) is 10.9 Å². The van der Waals surface area contributed by atoms with Crippen LogP contribution in [0.4, 0.5) is 4.79 Å². The lowest BCUT2D eigenvalue weighted by molar-refractivity contribution is -0.173. The molecule has 2 fully saturated rings. The van der Waals surface area contributed by atoms with E-state index in [0.29, 0.717) is 25.3 Å². The van der Waals surface area contributed by atoms with Gasteiger partial charge in [-0.05, 0) is 85.9 Å². The number of unbranched alkanes of at least 4 members (excludes halogenated alkanes) is 3. The molecule has 5 aliphatic rings. The fourth-order valence-electron chi connectivity index (χ4n) is 8.96. The van der Waals surface area contributed by atoms with Crippen molar-refractivity contribution in [1.82, 2.24) is 20.5 Å². The lowest BCUT2D eigenvalue weighted by atomic mass is 9.49. The molecule has 3 aromatic rings. The van der Waals surface area contributed by atoms with E-state index in [-0.39, 0.29) is 23.9 Å². The topological polar surface area (TPSA) is 110 Å². The minimum absolute atomic E-state index is 0.0157. The maximum absolute atomic E-state index is 13.0. The van der Waals surface area contributed by atoms with E-state index in [1.54, 1.807) is 6.07 Å². The van der Waals surface area contributed by atoms with Gasteiger partial charge in [-0.3, -0.25) is 4.90 Å². The molecule has 2 aliphatic heterocycles. The summed E-state index contributed by atoms with van der Waals surface area (Å²) < 4.78 is 6.72. The molecule has 3 heterocycles. The van der Waals surface area contributed by atoms with Gasteiger partial charge in [-0.25, -0.2) is 4.79 Å². The number of hydrogen-bond donors (Lipinski definition) is 5. The molecule has 5 N–H and O–H groups in total. The molecule has 43 heavy (non-hydrogen) atoms. The largest absolute Gasteiger partial charge is 0.504 e. The van der Waals surface area contributed by atoms with Crippen LogP contribution in [0.1, 0.15) is 85.9 Å². The Morgan fingerprint density at radius 2 is 2.00 bits per heavy atom. The van der Waals surface area contributed by atoms with E-state index in [1.165, 1.54) is 31.2 Å². The second-order valence-electron chi connectivity index (χ2n) is 13.8. The van der Waals surface area contributed by atoms with Gasteiger partial charge in [0, 0.05) is 48.6 Å². The maximum atomic E-state index is 13.0. The zero-order valence-electron chi connectivity index (χ0n) is 25.2. The Morgan fingerprint density at radius 3 is 2.84 bits per heavy atom. The molecule has 4 atom stereocenters. The number of fused-ring (bicyclic) bond motifs is 4. The van der Waals surface area contributed by atoms with E-state index >= 15 is 0 Å². The second kappa shape index (κ2) is 10.2. The number of rotatable bonds is 10. The number of aromatic amines is 1. The summed E-state index contributed by atoms with van der Waals surface area (Å²) in [6.07, 6.45) is 9.64. The number of urea groups is 1. The SMILES string of the molecule is CCCCCCNC(=O)NCCc1ccc2[nH]c3c(c2c1)C[C@@]1(O)[C@H]2Cc4ccc(O)c5c4[C@@]1(CCN2CC1CC1)[C@H]3O5. The molecule has 228 valence electrons. The van der Waals surface area contributed by atoms with Crippen LogP contribution in [0.15, 0.2) is 30.3 Å².